The SMILES string of the molecule is CO/C(=C(/C#N)C(=O)Nc1ccccc1)c1cccn1C. The van der Waals surface area contributed by atoms with Gasteiger partial charge in [0.15, 0.2) is 11.3 Å². The summed E-state index contributed by atoms with van der Waals surface area (Å²) in [5.74, 6) is -0.250. The molecule has 0 bridgehead atoms. The monoisotopic (exact) mass is 281 g/mol. The molecule has 5 heteroatoms. The zero-order valence-electron chi connectivity index (χ0n) is 11.8. The number of amides is 1. The summed E-state index contributed by atoms with van der Waals surface area (Å²) in [6, 6.07) is 14.5. The third kappa shape index (κ3) is 3.12. The maximum Gasteiger partial charge on any atom is 0.270 e. The number of benzene rings is 1. The topological polar surface area (TPSA) is 67.0 Å². The molecular formula is C16H15N3O2. The summed E-state index contributed by atoms with van der Waals surface area (Å²) >= 11 is 0. The molecule has 0 atom stereocenters. The number of nitrogens with zero attached hydrogens (tertiary/aromatic N) is 2. The zero-order valence-corrected chi connectivity index (χ0v) is 11.8. The van der Waals surface area contributed by atoms with Gasteiger partial charge in [-0.05, 0) is 24.3 Å². The molecule has 0 aliphatic carbocycles. The van der Waals surface area contributed by atoms with Crippen molar-refractivity contribution in [2.24, 2.45) is 7.05 Å². The predicted molar refractivity (Wildman–Crippen MR) is 80.0 cm³/mol. The van der Waals surface area contributed by atoms with Gasteiger partial charge in [0.25, 0.3) is 5.91 Å². The van der Waals surface area contributed by atoms with Gasteiger partial charge >= 0.3 is 0 Å². The smallest absolute Gasteiger partial charge is 0.270 e. The molecule has 1 amide bonds. The average molecular weight is 281 g/mol. The van der Waals surface area contributed by atoms with Gasteiger partial charge in [-0.25, -0.2) is 0 Å². The minimum Gasteiger partial charge on any atom is -0.493 e. The van der Waals surface area contributed by atoms with Crippen molar-refractivity contribution in [2.45, 2.75) is 0 Å². The molecule has 106 valence electrons. The van der Waals surface area contributed by atoms with Crippen molar-refractivity contribution < 1.29 is 9.53 Å². The lowest BCUT2D eigenvalue weighted by Gasteiger charge is -2.11. The Bertz CT molecular complexity index is 709. The lowest BCUT2D eigenvalue weighted by molar-refractivity contribution is -0.112. The molecule has 5 nitrogen and oxygen atoms in total. The van der Waals surface area contributed by atoms with Crippen molar-refractivity contribution in [2.75, 3.05) is 12.4 Å². The largest absolute Gasteiger partial charge is 0.493 e. The second-order valence-corrected chi connectivity index (χ2v) is 4.34. The summed E-state index contributed by atoms with van der Waals surface area (Å²) in [5, 5.41) is 12.0. The first kappa shape index (κ1) is 14.4. The van der Waals surface area contributed by atoms with Crippen molar-refractivity contribution in [3.8, 4) is 6.07 Å². The number of methoxy groups -OCH3 is 1. The van der Waals surface area contributed by atoms with Gasteiger partial charge in [-0.1, -0.05) is 18.2 Å². The molecule has 21 heavy (non-hydrogen) atoms. The highest BCUT2D eigenvalue weighted by atomic mass is 16.5. The molecule has 0 fully saturated rings. The lowest BCUT2D eigenvalue weighted by atomic mass is 10.1. The Morgan fingerprint density at radius 1 is 1.24 bits per heavy atom. The van der Waals surface area contributed by atoms with Crippen LogP contribution in [0, 0.1) is 11.3 Å². The highest BCUT2D eigenvalue weighted by molar-refractivity contribution is 6.10. The minimum atomic E-state index is -0.498. The summed E-state index contributed by atoms with van der Waals surface area (Å²) in [7, 11) is 3.26. The number of hydrogen-bond donors (Lipinski definition) is 1. The first-order valence-corrected chi connectivity index (χ1v) is 6.34. The van der Waals surface area contributed by atoms with Gasteiger partial charge in [-0.2, -0.15) is 5.26 Å². The maximum absolute atomic E-state index is 12.3. The van der Waals surface area contributed by atoms with Crippen molar-refractivity contribution in [3.05, 3.63) is 59.9 Å². The molecule has 0 spiro atoms. The molecule has 0 saturated carbocycles. The number of rotatable bonds is 4. The Morgan fingerprint density at radius 2 is 1.95 bits per heavy atom. The van der Waals surface area contributed by atoms with Gasteiger partial charge in [0.1, 0.15) is 6.07 Å². The first-order valence-electron chi connectivity index (χ1n) is 6.34. The number of aromatic nitrogens is 1. The van der Waals surface area contributed by atoms with Crippen LogP contribution in [0.3, 0.4) is 0 Å². The van der Waals surface area contributed by atoms with E-state index in [9.17, 15) is 10.1 Å². The van der Waals surface area contributed by atoms with Crippen LogP contribution in [0.2, 0.25) is 0 Å². The van der Waals surface area contributed by atoms with Crippen LogP contribution in [0.25, 0.3) is 5.76 Å². The van der Waals surface area contributed by atoms with Crippen LogP contribution >= 0.6 is 0 Å². The molecule has 1 N–H and O–H groups in total. The van der Waals surface area contributed by atoms with E-state index in [4.69, 9.17) is 4.74 Å². The zero-order chi connectivity index (χ0) is 15.2. The molecule has 2 rings (SSSR count). The second-order valence-electron chi connectivity index (χ2n) is 4.34. The van der Waals surface area contributed by atoms with Gasteiger partial charge in [-0.15, -0.1) is 0 Å². The summed E-state index contributed by atoms with van der Waals surface area (Å²) in [5.41, 5.74) is 1.22. The number of hydrogen-bond acceptors (Lipinski definition) is 3. The Hall–Kier alpha value is -3.00. The number of nitrogens with one attached hydrogen (secondary N) is 1. The number of anilines is 1. The highest BCUT2D eigenvalue weighted by Crippen LogP contribution is 2.20. The summed E-state index contributed by atoms with van der Waals surface area (Å²) in [6.07, 6.45) is 1.82. The van der Waals surface area contributed by atoms with Crippen molar-refractivity contribution in [1.29, 1.82) is 5.26 Å². The quantitative estimate of drug-likeness (QED) is 0.532. The number of carbonyl (C=O) groups is 1. The van der Waals surface area contributed by atoms with E-state index >= 15 is 0 Å². The third-order valence-corrected chi connectivity index (χ3v) is 2.98. The van der Waals surface area contributed by atoms with Crippen LogP contribution in [0.5, 0.6) is 0 Å². The minimum absolute atomic E-state index is 0.0665. The van der Waals surface area contributed by atoms with Crippen LogP contribution in [0.15, 0.2) is 54.2 Å². The maximum atomic E-state index is 12.3. The fourth-order valence-corrected chi connectivity index (χ4v) is 1.95. The number of ether oxygens (including phenoxy) is 1. The van der Waals surface area contributed by atoms with Gasteiger partial charge in [0.05, 0.1) is 12.8 Å². The standard InChI is InChI=1S/C16H15N3O2/c1-19-10-6-9-14(19)15(21-2)13(11-17)16(20)18-12-7-4-3-5-8-12/h3-10H,1-2H3,(H,18,20)/b15-13-. The number of nitriles is 1. The van der Waals surface area contributed by atoms with E-state index in [1.807, 2.05) is 31.4 Å². The highest BCUT2D eigenvalue weighted by Gasteiger charge is 2.19. The third-order valence-electron chi connectivity index (χ3n) is 2.98. The van der Waals surface area contributed by atoms with E-state index in [1.165, 1.54) is 7.11 Å². The first-order chi connectivity index (χ1) is 10.2. The Kier molecular flexibility index (Phi) is 4.42. The van der Waals surface area contributed by atoms with E-state index in [0.717, 1.165) is 0 Å². The van der Waals surface area contributed by atoms with E-state index in [2.05, 4.69) is 5.32 Å². The molecule has 0 aliphatic heterocycles. The Morgan fingerprint density at radius 3 is 2.48 bits per heavy atom. The molecule has 0 saturated heterocycles. The van der Waals surface area contributed by atoms with Crippen molar-refractivity contribution >= 4 is 17.4 Å². The predicted octanol–water partition coefficient (Wildman–Crippen LogP) is 2.54. The van der Waals surface area contributed by atoms with Gasteiger partial charge < -0.3 is 14.6 Å². The normalized spacial score (nSPS) is 11.3. The Labute approximate surface area is 123 Å². The molecule has 0 unspecified atom stereocenters. The lowest BCUT2D eigenvalue weighted by Crippen LogP contribution is -2.16. The van der Waals surface area contributed by atoms with Crippen LogP contribution in [-0.2, 0) is 16.6 Å². The van der Waals surface area contributed by atoms with E-state index in [1.54, 1.807) is 34.9 Å². The number of aryl methyl sites for hydroxylation is 1. The average Bonchev–Trinajstić information content (AvgIpc) is 2.91. The van der Waals surface area contributed by atoms with Gasteiger partial charge in [-0.3, -0.25) is 4.79 Å². The van der Waals surface area contributed by atoms with Crippen LogP contribution in [0.4, 0.5) is 5.69 Å². The molecular weight excluding hydrogens is 266 g/mol. The van der Waals surface area contributed by atoms with Crippen LogP contribution in [0.1, 0.15) is 5.69 Å². The molecule has 1 heterocycles. The summed E-state index contributed by atoms with van der Waals surface area (Å²) in [6.45, 7) is 0. The molecule has 1 aromatic heterocycles. The van der Waals surface area contributed by atoms with E-state index in [-0.39, 0.29) is 11.3 Å². The van der Waals surface area contributed by atoms with Crippen LogP contribution < -0.4 is 5.32 Å². The molecule has 2 aromatic rings. The Balaban J connectivity index is 2.37. The summed E-state index contributed by atoms with van der Waals surface area (Å²) in [4.78, 5) is 12.3. The molecule has 0 aliphatic rings. The van der Waals surface area contributed by atoms with Crippen molar-refractivity contribution in [1.82, 2.24) is 4.57 Å². The fourth-order valence-electron chi connectivity index (χ4n) is 1.95. The van der Waals surface area contributed by atoms with Crippen LogP contribution in [-0.4, -0.2) is 17.6 Å². The fraction of sp³-hybridized carbons (Fsp3) is 0.125. The van der Waals surface area contributed by atoms with E-state index < -0.39 is 5.91 Å². The van der Waals surface area contributed by atoms with Crippen molar-refractivity contribution in [3.63, 3.8) is 0 Å². The number of carbonyl (C=O) groups excluding carboxylic acids is 1. The second kappa shape index (κ2) is 6.44. The van der Waals surface area contributed by atoms with Gasteiger partial charge in [0, 0.05) is 18.9 Å². The molecule has 1 aromatic carbocycles. The molecule has 0 radical (unpaired) electrons. The van der Waals surface area contributed by atoms with E-state index in [0.29, 0.717) is 11.4 Å². The number of para-hydroxylation sites is 1. The summed E-state index contributed by atoms with van der Waals surface area (Å²) < 4.78 is 7.05. The van der Waals surface area contributed by atoms with Gasteiger partial charge in [0.2, 0.25) is 0 Å².